The predicted octanol–water partition coefficient (Wildman–Crippen LogP) is 2.40. The molecule has 1 fully saturated rings. The molecule has 1 N–H and O–H groups in total. The molecule has 0 unspecified atom stereocenters. The molecule has 4 nitrogen and oxygen atoms in total. The molecular formula is C13H17ClFNO3S. The van der Waals surface area contributed by atoms with Crippen LogP contribution in [0.2, 0.25) is 5.02 Å². The zero-order chi connectivity index (χ0) is 15.0. The van der Waals surface area contributed by atoms with Crippen LogP contribution < -0.4 is 0 Å². The second kappa shape index (κ2) is 5.60. The Labute approximate surface area is 123 Å². The van der Waals surface area contributed by atoms with Gasteiger partial charge in [-0.25, -0.2) is 12.8 Å². The van der Waals surface area contributed by atoms with Gasteiger partial charge >= 0.3 is 0 Å². The number of benzene rings is 1. The number of hydrogen-bond donors (Lipinski definition) is 1. The van der Waals surface area contributed by atoms with E-state index >= 15 is 0 Å². The van der Waals surface area contributed by atoms with E-state index in [0.29, 0.717) is 12.8 Å². The number of hydrogen-bond acceptors (Lipinski definition) is 3. The molecule has 1 aliphatic carbocycles. The Balaban J connectivity index is 2.25. The van der Waals surface area contributed by atoms with Crippen LogP contribution in [0.15, 0.2) is 23.1 Å². The van der Waals surface area contributed by atoms with Crippen molar-refractivity contribution < 1.29 is 17.9 Å². The molecule has 0 radical (unpaired) electrons. The standard InChI is InChI=1S/C13H17ClFNO3S/c1-16(9-13(17)6-2-3-7-13)20(18,19)12-5-4-10(14)8-11(12)15/h4-5,8,17H,2-3,6-7,9H2,1H3. The molecule has 0 heterocycles. The van der Waals surface area contributed by atoms with E-state index in [-0.39, 0.29) is 11.6 Å². The van der Waals surface area contributed by atoms with Crippen molar-refractivity contribution in [2.75, 3.05) is 13.6 Å². The quantitative estimate of drug-likeness (QED) is 0.926. The molecule has 1 aliphatic rings. The molecule has 0 amide bonds. The Morgan fingerprint density at radius 2 is 2.00 bits per heavy atom. The second-order valence-corrected chi connectivity index (χ2v) is 7.72. The number of nitrogens with zero attached hydrogens (tertiary/aromatic N) is 1. The summed E-state index contributed by atoms with van der Waals surface area (Å²) < 4.78 is 39.4. The fraction of sp³-hybridized carbons (Fsp3) is 0.538. The minimum Gasteiger partial charge on any atom is -0.389 e. The summed E-state index contributed by atoms with van der Waals surface area (Å²) in [4.78, 5) is -0.425. The van der Waals surface area contributed by atoms with Crippen molar-refractivity contribution in [3.63, 3.8) is 0 Å². The SMILES string of the molecule is CN(CC1(O)CCCC1)S(=O)(=O)c1ccc(Cl)cc1F. The maximum atomic E-state index is 13.8. The molecule has 1 saturated carbocycles. The molecule has 0 bridgehead atoms. The first-order valence-corrected chi connectivity index (χ1v) is 8.20. The van der Waals surface area contributed by atoms with Crippen molar-refractivity contribution in [2.24, 2.45) is 0 Å². The van der Waals surface area contributed by atoms with E-state index in [4.69, 9.17) is 11.6 Å². The summed E-state index contributed by atoms with van der Waals surface area (Å²) >= 11 is 5.62. The van der Waals surface area contributed by atoms with E-state index in [0.717, 1.165) is 29.3 Å². The summed E-state index contributed by atoms with van der Waals surface area (Å²) in [5.41, 5.74) is -1.01. The van der Waals surface area contributed by atoms with Gasteiger partial charge in [-0.3, -0.25) is 0 Å². The average Bonchev–Trinajstić information content (AvgIpc) is 2.75. The van der Waals surface area contributed by atoms with Gasteiger partial charge in [0.15, 0.2) is 0 Å². The minimum absolute atomic E-state index is 0.0304. The molecule has 0 aliphatic heterocycles. The molecule has 0 spiro atoms. The van der Waals surface area contributed by atoms with Gasteiger partial charge in [0.25, 0.3) is 0 Å². The van der Waals surface area contributed by atoms with Crippen LogP contribution in [0.25, 0.3) is 0 Å². The van der Waals surface area contributed by atoms with Gasteiger partial charge in [0, 0.05) is 18.6 Å². The lowest BCUT2D eigenvalue weighted by Gasteiger charge is -2.28. The van der Waals surface area contributed by atoms with Crippen molar-refractivity contribution in [3.8, 4) is 0 Å². The van der Waals surface area contributed by atoms with Crippen LogP contribution in [0.5, 0.6) is 0 Å². The summed E-state index contributed by atoms with van der Waals surface area (Å²) in [5, 5.41) is 10.4. The number of likely N-dealkylation sites (N-methyl/N-ethyl adjacent to an activating group) is 1. The van der Waals surface area contributed by atoms with Gasteiger partial charge < -0.3 is 5.11 Å². The van der Waals surface area contributed by atoms with Crippen LogP contribution in [0.1, 0.15) is 25.7 Å². The highest BCUT2D eigenvalue weighted by molar-refractivity contribution is 7.89. The Morgan fingerprint density at radius 3 is 2.55 bits per heavy atom. The molecule has 20 heavy (non-hydrogen) atoms. The summed E-state index contributed by atoms with van der Waals surface area (Å²) in [6.07, 6.45) is 2.88. The Morgan fingerprint density at radius 1 is 1.40 bits per heavy atom. The molecule has 112 valence electrons. The van der Waals surface area contributed by atoms with Crippen LogP contribution in [0, 0.1) is 5.82 Å². The maximum absolute atomic E-state index is 13.8. The number of rotatable bonds is 4. The zero-order valence-electron chi connectivity index (χ0n) is 11.1. The van der Waals surface area contributed by atoms with Gasteiger partial charge in [-0.2, -0.15) is 4.31 Å². The average molecular weight is 322 g/mol. The Kier molecular flexibility index (Phi) is 4.39. The van der Waals surface area contributed by atoms with E-state index < -0.39 is 26.3 Å². The molecule has 0 atom stereocenters. The first-order valence-electron chi connectivity index (χ1n) is 6.38. The third-order valence-corrected chi connectivity index (χ3v) is 5.71. The third-order valence-electron chi connectivity index (χ3n) is 3.63. The third kappa shape index (κ3) is 3.14. The van der Waals surface area contributed by atoms with E-state index in [9.17, 15) is 17.9 Å². The van der Waals surface area contributed by atoms with Crippen molar-refractivity contribution >= 4 is 21.6 Å². The van der Waals surface area contributed by atoms with Gasteiger partial charge in [0.05, 0.1) is 5.60 Å². The smallest absolute Gasteiger partial charge is 0.245 e. The summed E-state index contributed by atoms with van der Waals surface area (Å²) in [6.45, 7) is -0.0304. The lowest BCUT2D eigenvalue weighted by Crippen LogP contribution is -2.42. The summed E-state index contributed by atoms with van der Waals surface area (Å²) in [5.74, 6) is -0.886. The maximum Gasteiger partial charge on any atom is 0.245 e. The first kappa shape index (κ1) is 15.7. The van der Waals surface area contributed by atoms with Crippen LogP contribution in [0.3, 0.4) is 0 Å². The van der Waals surface area contributed by atoms with Crippen molar-refractivity contribution in [1.29, 1.82) is 0 Å². The number of sulfonamides is 1. The summed E-state index contributed by atoms with van der Waals surface area (Å²) in [6, 6.07) is 3.43. The van der Waals surface area contributed by atoms with Gasteiger partial charge in [0.2, 0.25) is 10.0 Å². The highest BCUT2D eigenvalue weighted by atomic mass is 35.5. The second-order valence-electron chi connectivity index (χ2n) is 5.27. The largest absolute Gasteiger partial charge is 0.389 e. The van der Waals surface area contributed by atoms with Crippen molar-refractivity contribution in [1.82, 2.24) is 4.31 Å². The van der Waals surface area contributed by atoms with Crippen molar-refractivity contribution in [2.45, 2.75) is 36.2 Å². The number of halogens is 2. The van der Waals surface area contributed by atoms with Crippen LogP contribution in [-0.2, 0) is 10.0 Å². The molecule has 7 heteroatoms. The van der Waals surface area contributed by atoms with E-state index in [1.54, 1.807) is 0 Å². The zero-order valence-corrected chi connectivity index (χ0v) is 12.7. The highest BCUT2D eigenvalue weighted by Crippen LogP contribution is 2.31. The van der Waals surface area contributed by atoms with Crippen LogP contribution >= 0.6 is 11.6 Å². The van der Waals surface area contributed by atoms with Gasteiger partial charge in [-0.15, -0.1) is 0 Å². The van der Waals surface area contributed by atoms with Crippen LogP contribution in [-0.4, -0.2) is 37.0 Å². The summed E-state index contributed by atoms with van der Waals surface area (Å²) in [7, 11) is -2.63. The molecule has 2 rings (SSSR count). The molecule has 1 aromatic rings. The molecule has 0 aromatic heterocycles. The fourth-order valence-electron chi connectivity index (χ4n) is 2.54. The monoisotopic (exact) mass is 321 g/mol. The molecule has 0 saturated heterocycles. The van der Waals surface area contributed by atoms with Crippen molar-refractivity contribution in [3.05, 3.63) is 29.0 Å². The van der Waals surface area contributed by atoms with Gasteiger partial charge in [-0.05, 0) is 31.0 Å². The fourth-order valence-corrected chi connectivity index (χ4v) is 3.99. The normalized spacial score (nSPS) is 18.6. The van der Waals surface area contributed by atoms with Crippen LogP contribution in [0.4, 0.5) is 4.39 Å². The highest BCUT2D eigenvalue weighted by Gasteiger charge is 2.36. The van der Waals surface area contributed by atoms with Gasteiger partial charge in [0.1, 0.15) is 10.7 Å². The topological polar surface area (TPSA) is 57.6 Å². The molecule has 1 aromatic carbocycles. The lowest BCUT2D eigenvalue weighted by molar-refractivity contribution is 0.0333. The van der Waals surface area contributed by atoms with E-state index in [1.165, 1.54) is 13.1 Å². The lowest BCUT2D eigenvalue weighted by atomic mass is 10.0. The van der Waals surface area contributed by atoms with Gasteiger partial charge in [-0.1, -0.05) is 24.4 Å². The molecular weight excluding hydrogens is 305 g/mol. The first-order chi connectivity index (χ1) is 9.24. The van der Waals surface area contributed by atoms with E-state index in [1.807, 2.05) is 0 Å². The minimum atomic E-state index is -3.97. The predicted molar refractivity (Wildman–Crippen MR) is 74.6 cm³/mol. The Bertz CT molecular complexity index is 600. The Hall–Kier alpha value is -0.690. The number of aliphatic hydroxyl groups is 1. The van der Waals surface area contributed by atoms with E-state index in [2.05, 4.69) is 0 Å².